The lowest BCUT2D eigenvalue weighted by molar-refractivity contribution is -0.143. The van der Waals surface area contributed by atoms with Crippen molar-refractivity contribution in [2.24, 2.45) is 34.0 Å². The van der Waals surface area contributed by atoms with Crippen molar-refractivity contribution >= 4 is 35.6 Å². The zero-order valence-corrected chi connectivity index (χ0v) is 21.3. The number of carboxylic acid groups (broad SMARTS) is 2. The number of nitrogens with zero attached hydrogens (tertiary/aromatic N) is 1. The molecule has 0 aliphatic heterocycles. The molecule has 4 unspecified atom stereocenters. The van der Waals surface area contributed by atoms with Crippen molar-refractivity contribution in [3.63, 3.8) is 0 Å². The van der Waals surface area contributed by atoms with E-state index in [-0.39, 0.29) is 44.1 Å². The zero-order chi connectivity index (χ0) is 28.0. The Morgan fingerprint density at radius 2 is 1.42 bits per heavy atom. The van der Waals surface area contributed by atoms with E-state index in [9.17, 15) is 29.1 Å². The maximum Gasteiger partial charge on any atom is 0.326 e. The first-order valence-corrected chi connectivity index (χ1v) is 11.8. The van der Waals surface area contributed by atoms with Crippen LogP contribution >= 0.6 is 0 Å². The van der Waals surface area contributed by atoms with Gasteiger partial charge in [-0.15, -0.1) is 0 Å². The second-order valence-corrected chi connectivity index (χ2v) is 9.31. The van der Waals surface area contributed by atoms with Crippen LogP contribution in [-0.4, -0.2) is 76.5 Å². The first kappa shape index (κ1) is 32.6. The molecule has 0 aliphatic rings. The van der Waals surface area contributed by atoms with E-state index in [2.05, 4.69) is 20.9 Å². The van der Waals surface area contributed by atoms with Crippen LogP contribution in [0.5, 0.6) is 0 Å². The van der Waals surface area contributed by atoms with E-state index < -0.39 is 59.7 Å². The topological polar surface area (TPSA) is 252 Å². The number of amides is 3. The summed E-state index contributed by atoms with van der Waals surface area (Å²) in [6.07, 6.45) is 0.160. The molecular formula is C22H41N7O7. The molecule has 0 spiro atoms. The van der Waals surface area contributed by atoms with Gasteiger partial charge in [0.25, 0.3) is 0 Å². The van der Waals surface area contributed by atoms with Gasteiger partial charge in [-0.2, -0.15) is 0 Å². The van der Waals surface area contributed by atoms with Crippen molar-refractivity contribution in [3.05, 3.63) is 0 Å². The van der Waals surface area contributed by atoms with Gasteiger partial charge in [-0.25, -0.2) is 4.79 Å². The molecule has 0 aromatic heterocycles. The molecule has 206 valence electrons. The predicted molar refractivity (Wildman–Crippen MR) is 132 cm³/mol. The van der Waals surface area contributed by atoms with Crippen LogP contribution in [0.4, 0.5) is 0 Å². The molecule has 0 aromatic carbocycles. The zero-order valence-electron chi connectivity index (χ0n) is 21.3. The Hall–Kier alpha value is -3.42. The molecule has 0 rings (SSSR count). The molecule has 14 nitrogen and oxygen atoms in total. The number of nitrogens with one attached hydrogen (secondary N) is 3. The maximum absolute atomic E-state index is 13.0. The SMILES string of the molecule is CC(C)CC(NC(=O)C(CCCN=C(N)N)NC(=O)C(NC(=O)C(N)CCC(=O)O)C(C)C)C(=O)O. The Morgan fingerprint density at radius 1 is 0.833 bits per heavy atom. The highest BCUT2D eigenvalue weighted by Gasteiger charge is 2.31. The predicted octanol–water partition coefficient (Wildman–Crippen LogP) is -1.53. The minimum Gasteiger partial charge on any atom is -0.481 e. The first-order chi connectivity index (χ1) is 16.6. The number of aliphatic imine (C=N–C) groups is 1. The molecule has 3 amide bonds. The summed E-state index contributed by atoms with van der Waals surface area (Å²) in [5, 5.41) is 25.8. The van der Waals surface area contributed by atoms with Crippen molar-refractivity contribution in [1.82, 2.24) is 16.0 Å². The van der Waals surface area contributed by atoms with Crippen LogP contribution in [0, 0.1) is 11.8 Å². The third kappa shape index (κ3) is 13.5. The van der Waals surface area contributed by atoms with Crippen molar-refractivity contribution in [2.45, 2.75) is 84.0 Å². The van der Waals surface area contributed by atoms with Gasteiger partial charge in [-0.3, -0.25) is 24.2 Å². The van der Waals surface area contributed by atoms with Crippen LogP contribution in [0.3, 0.4) is 0 Å². The summed E-state index contributed by atoms with van der Waals surface area (Å²) in [6.45, 7) is 7.15. The Balaban J connectivity index is 5.55. The second kappa shape index (κ2) is 16.3. The van der Waals surface area contributed by atoms with Crippen LogP contribution < -0.4 is 33.2 Å². The number of hydrogen-bond donors (Lipinski definition) is 8. The summed E-state index contributed by atoms with van der Waals surface area (Å²) < 4.78 is 0. The summed E-state index contributed by atoms with van der Waals surface area (Å²) in [4.78, 5) is 64.5. The summed E-state index contributed by atoms with van der Waals surface area (Å²) >= 11 is 0. The lowest BCUT2D eigenvalue weighted by Gasteiger charge is -2.27. The van der Waals surface area contributed by atoms with Crippen LogP contribution in [0.15, 0.2) is 4.99 Å². The first-order valence-electron chi connectivity index (χ1n) is 11.8. The number of guanidine groups is 1. The molecule has 0 radical (unpaired) electrons. The van der Waals surface area contributed by atoms with Crippen LogP contribution in [0.2, 0.25) is 0 Å². The van der Waals surface area contributed by atoms with Crippen molar-refractivity contribution in [2.75, 3.05) is 6.54 Å². The van der Waals surface area contributed by atoms with Gasteiger partial charge in [0.1, 0.15) is 18.1 Å². The number of carboxylic acids is 2. The van der Waals surface area contributed by atoms with Gasteiger partial charge in [0.2, 0.25) is 17.7 Å². The van der Waals surface area contributed by atoms with Crippen molar-refractivity contribution in [3.8, 4) is 0 Å². The van der Waals surface area contributed by atoms with E-state index in [0.717, 1.165) is 0 Å². The molecule has 0 aromatic rings. The third-order valence-corrected chi connectivity index (χ3v) is 5.15. The standard InChI is InChI=1S/C22H41N7O7/c1-11(2)10-15(21(35)36)28-19(33)14(6-5-9-26-22(24)25)27-20(34)17(12(3)4)29-18(32)13(23)7-8-16(30)31/h11-15,17H,5-10,23H2,1-4H3,(H,27,34)(H,28,33)(H,29,32)(H,30,31)(H,35,36)(H4,24,25,26). The number of aliphatic carboxylic acids is 2. The Bertz CT molecular complexity index is 798. The van der Waals surface area contributed by atoms with E-state index >= 15 is 0 Å². The molecule has 0 bridgehead atoms. The highest BCUT2D eigenvalue weighted by molar-refractivity contribution is 5.94. The maximum atomic E-state index is 13.0. The minimum absolute atomic E-state index is 0.00724. The molecule has 14 heteroatoms. The number of carbonyl (C=O) groups is 5. The number of rotatable bonds is 17. The highest BCUT2D eigenvalue weighted by Crippen LogP contribution is 2.09. The van der Waals surface area contributed by atoms with E-state index in [1.54, 1.807) is 13.8 Å². The summed E-state index contributed by atoms with van der Waals surface area (Å²) in [5.74, 6) is -4.94. The smallest absolute Gasteiger partial charge is 0.326 e. The minimum atomic E-state index is -1.20. The summed E-state index contributed by atoms with van der Waals surface area (Å²) in [5.41, 5.74) is 16.3. The number of nitrogens with two attached hydrogens (primary N) is 3. The quantitative estimate of drug-likeness (QED) is 0.0630. The average Bonchev–Trinajstić information content (AvgIpc) is 2.75. The largest absolute Gasteiger partial charge is 0.481 e. The van der Waals surface area contributed by atoms with Gasteiger partial charge in [0.05, 0.1) is 6.04 Å². The van der Waals surface area contributed by atoms with Gasteiger partial charge >= 0.3 is 11.9 Å². The fourth-order valence-electron chi connectivity index (χ4n) is 3.20. The Labute approximate surface area is 210 Å². The molecule has 0 saturated heterocycles. The molecule has 0 fully saturated rings. The van der Waals surface area contributed by atoms with Gasteiger partial charge in [0, 0.05) is 13.0 Å². The lowest BCUT2D eigenvalue weighted by atomic mass is 10.0. The van der Waals surface area contributed by atoms with Crippen molar-refractivity contribution < 1.29 is 34.2 Å². The lowest BCUT2D eigenvalue weighted by Crippen LogP contribution is -2.58. The van der Waals surface area contributed by atoms with E-state index in [4.69, 9.17) is 22.3 Å². The van der Waals surface area contributed by atoms with Crippen LogP contribution in [-0.2, 0) is 24.0 Å². The summed E-state index contributed by atoms with van der Waals surface area (Å²) in [7, 11) is 0. The second-order valence-electron chi connectivity index (χ2n) is 9.31. The normalized spacial score (nSPS) is 14.3. The molecular weight excluding hydrogens is 474 g/mol. The molecule has 36 heavy (non-hydrogen) atoms. The van der Waals surface area contributed by atoms with Crippen LogP contribution in [0.25, 0.3) is 0 Å². The molecule has 0 heterocycles. The van der Waals surface area contributed by atoms with Gasteiger partial charge in [0.15, 0.2) is 5.96 Å². The molecule has 0 aliphatic carbocycles. The van der Waals surface area contributed by atoms with Gasteiger partial charge < -0.3 is 43.4 Å². The van der Waals surface area contributed by atoms with Crippen molar-refractivity contribution in [1.29, 1.82) is 0 Å². The highest BCUT2D eigenvalue weighted by atomic mass is 16.4. The molecule has 11 N–H and O–H groups in total. The monoisotopic (exact) mass is 515 g/mol. The Morgan fingerprint density at radius 3 is 1.89 bits per heavy atom. The molecule has 4 atom stereocenters. The van der Waals surface area contributed by atoms with E-state index in [1.807, 2.05) is 13.8 Å². The average molecular weight is 516 g/mol. The van der Waals surface area contributed by atoms with Gasteiger partial charge in [-0.1, -0.05) is 27.7 Å². The molecule has 0 saturated carbocycles. The fourth-order valence-corrected chi connectivity index (χ4v) is 3.20. The van der Waals surface area contributed by atoms with Gasteiger partial charge in [-0.05, 0) is 37.5 Å². The van der Waals surface area contributed by atoms with Crippen LogP contribution in [0.1, 0.15) is 59.8 Å². The number of hydrogen-bond acceptors (Lipinski definition) is 7. The third-order valence-electron chi connectivity index (χ3n) is 5.15. The summed E-state index contributed by atoms with van der Waals surface area (Å²) in [6, 6.07) is -4.49. The van der Waals surface area contributed by atoms with E-state index in [0.29, 0.717) is 6.42 Å². The Kier molecular flexibility index (Phi) is 14.7. The fraction of sp³-hybridized carbons (Fsp3) is 0.727. The van der Waals surface area contributed by atoms with E-state index in [1.165, 1.54) is 0 Å². The number of carbonyl (C=O) groups excluding carboxylic acids is 3.